The van der Waals surface area contributed by atoms with E-state index >= 15 is 0 Å². The van der Waals surface area contributed by atoms with Crippen molar-refractivity contribution >= 4 is 34.3 Å². The molecule has 6 rings (SSSR count). The normalized spacial score (nSPS) is 10.7. The standard InChI is InChI=1S/C22H23N3O2.C20H17F2N3O2/c1-5-25-22(27)21(23-18-13-9-10-14(2)15(18)3)19(16(4)26)20(24-25)17-11-7-6-8-12-17;1-3-25-20(27)19(23-18-14(21)10-7-11-15(18)22)16(12(2)26)17(24-25)13-8-5-4-6-9-13/h6-13,23H,5H2,1-4H3;4-11,23H,3H2,1-2H3. The zero-order valence-corrected chi connectivity index (χ0v) is 30.8. The maximum Gasteiger partial charge on any atom is 0.291 e. The highest BCUT2D eigenvalue weighted by atomic mass is 19.1. The van der Waals surface area contributed by atoms with Crippen molar-refractivity contribution in [1.82, 2.24) is 19.6 Å². The second kappa shape index (κ2) is 16.8. The van der Waals surface area contributed by atoms with E-state index in [9.17, 15) is 28.0 Å². The molecule has 4 aromatic carbocycles. The molecular formula is C42H40F2N6O4. The lowest BCUT2D eigenvalue weighted by Gasteiger charge is -2.17. The molecule has 54 heavy (non-hydrogen) atoms. The molecule has 2 aromatic heterocycles. The summed E-state index contributed by atoms with van der Waals surface area (Å²) in [6, 6.07) is 27.5. The van der Waals surface area contributed by atoms with Gasteiger partial charge in [-0.1, -0.05) is 78.9 Å². The number of ketones is 2. The number of benzene rings is 4. The third-order valence-corrected chi connectivity index (χ3v) is 8.79. The minimum absolute atomic E-state index is 0.0152. The number of hydrogen-bond acceptors (Lipinski definition) is 8. The highest BCUT2D eigenvalue weighted by Gasteiger charge is 2.24. The highest BCUT2D eigenvalue weighted by molar-refractivity contribution is 6.06. The van der Waals surface area contributed by atoms with Gasteiger partial charge in [-0.3, -0.25) is 19.2 Å². The van der Waals surface area contributed by atoms with Crippen molar-refractivity contribution < 1.29 is 18.4 Å². The summed E-state index contributed by atoms with van der Waals surface area (Å²) >= 11 is 0. The van der Waals surface area contributed by atoms with Crippen LogP contribution in [-0.2, 0) is 13.1 Å². The summed E-state index contributed by atoms with van der Waals surface area (Å²) in [5, 5.41) is 14.5. The third kappa shape index (κ3) is 8.07. The summed E-state index contributed by atoms with van der Waals surface area (Å²) in [4.78, 5) is 50.7. The molecule has 276 valence electrons. The predicted octanol–water partition coefficient (Wildman–Crippen LogP) is 8.65. The summed E-state index contributed by atoms with van der Waals surface area (Å²) in [5.41, 5.74) is 4.08. The summed E-state index contributed by atoms with van der Waals surface area (Å²) < 4.78 is 30.7. The molecule has 0 aliphatic heterocycles. The van der Waals surface area contributed by atoms with Crippen LogP contribution in [0.2, 0.25) is 0 Å². The van der Waals surface area contributed by atoms with Crippen LogP contribution in [0.15, 0.2) is 107 Å². The van der Waals surface area contributed by atoms with Crippen molar-refractivity contribution in [2.45, 2.75) is 54.6 Å². The van der Waals surface area contributed by atoms with E-state index in [0.717, 1.165) is 39.2 Å². The summed E-state index contributed by atoms with van der Waals surface area (Å²) in [7, 11) is 0. The SMILES string of the molecule is CCn1nc(-c2ccccc2)c(C(C)=O)c(Nc2c(F)cccc2F)c1=O.CCn1nc(-c2ccccc2)c(C(C)=O)c(Nc2cccc(C)c2C)c1=O. The Morgan fingerprint density at radius 2 is 1.02 bits per heavy atom. The lowest BCUT2D eigenvalue weighted by molar-refractivity contribution is 0.101. The van der Waals surface area contributed by atoms with Crippen LogP contribution in [0.3, 0.4) is 0 Å². The zero-order chi connectivity index (χ0) is 39.1. The smallest absolute Gasteiger partial charge is 0.291 e. The van der Waals surface area contributed by atoms with Gasteiger partial charge in [-0.15, -0.1) is 0 Å². The van der Waals surface area contributed by atoms with Crippen molar-refractivity contribution in [3.8, 4) is 22.5 Å². The second-order valence-corrected chi connectivity index (χ2v) is 12.4. The Bertz CT molecular complexity index is 2440. The second-order valence-electron chi connectivity index (χ2n) is 12.4. The Balaban J connectivity index is 0.000000208. The number of rotatable bonds is 10. The van der Waals surface area contributed by atoms with Gasteiger partial charge in [0.25, 0.3) is 11.1 Å². The van der Waals surface area contributed by atoms with Crippen molar-refractivity contribution in [3.05, 3.63) is 152 Å². The molecule has 0 aliphatic carbocycles. The van der Waals surface area contributed by atoms with E-state index < -0.39 is 28.7 Å². The molecular weight excluding hydrogens is 690 g/mol. The largest absolute Gasteiger partial charge is 0.350 e. The van der Waals surface area contributed by atoms with Crippen molar-refractivity contribution in [2.75, 3.05) is 10.6 Å². The van der Waals surface area contributed by atoms with Gasteiger partial charge in [0.1, 0.15) is 40.1 Å². The van der Waals surface area contributed by atoms with E-state index in [1.54, 1.807) is 37.3 Å². The molecule has 0 aliphatic rings. The van der Waals surface area contributed by atoms with E-state index in [-0.39, 0.29) is 40.5 Å². The maximum atomic E-state index is 14.1. The van der Waals surface area contributed by atoms with Gasteiger partial charge >= 0.3 is 0 Å². The first-order chi connectivity index (χ1) is 25.9. The zero-order valence-electron chi connectivity index (χ0n) is 30.8. The van der Waals surface area contributed by atoms with Gasteiger partial charge in [-0.05, 0) is 70.9 Å². The van der Waals surface area contributed by atoms with Crippen molar-refractivity contribution in [3.63, 3.8) is 0 Å². The summed E-state index contributed by atoms with van der Waals surface area (Å²) in [6.07, 6.45) is 0. The fourth-order valence-corrected chi connectivity index (χ4v) is 5.85. The number of anilines is 4. The Kier molecular flexibility index (Phi) is 12.1. The van der Waals surface area contributed by atoms with Gasteiger partial charge < -0.3 is 10.6 Å². The molecule has 2 heterocycles. The van der Waals surface area contributed by atoms with Crippen molar-refractivity contribution in [2.24, 2.45) is 0 Å². The average molecular weight is 731 g/mol. The summed E-state index contributed by atoms with van der Waals surface area (Å²) in [5.74, 6) is -2.38. The Morgan fingerprint density at radius 3 is 1.44 bits per heavy atom. The highest BCUT2D eigenvalue weighted by Crippen LogP contribution is 2.31. The van der Waals surface area contributed by atoms with Crippen molar-refractivity contribution in [1.29, 1.82) is 0 Å². The summed E-state index contributed by atoms with van der Waals surface area (Å²) in [6.45, 7) is 11.0. The Morgan fingerprint density at radius 1 is 0.593 bits per heavy atom. The molecule has 0 atom stereocenters. The molecule has 2 N–H and O–H groups in total. The van der Waals surface area contributed by atoms with E-state index in [1.165, 1.54) is 24.6 Å². The first-order valence-electron chi connectivity index (χ1n) is 17.3. The molecule has 0 saturated heterocycles. The van der Waals surface area contributed by atoms with E-state index in [4.69, 9.17) is 0 Å². The van der Waals surface area contributed by atoms with Crippen LogP contribution in [0.25, 0.3) is 22.5 Å². The number of carbonyl (C=O) groups excluding carboxylic acids is 2. The van der Waals surface area contributed by atoms with Gasteiger partial charge in [-0.25, -0.2) is 18.1 Å². The number of para-hydroxylation sites is 1. The first-order valence-corrected chi connectivity index (χ1v) is 17.3. The molecule has 6 aromatic rings. The lowest BCUT2D eigenvalue weighted by atomic mass is 10.0. The Labute approximate surface area is 311 Å². The molecule has 0 saturated carbocycles. The molecule has 0 bridgehead atoms. The van der Waals surface area contributed by atoms with Crippen LogP contribution in [0.1, 0.15) is 59.5 Å². The number of carbonyl (C=O) groups is 2. The molecule has 12 heteroatoms. The van der Waals surface area contributed by atoms with Crippen LogP contribution < -0.4 is 21.8 Å². The maximum absolute atomic E-state index is 14.1. The van der Waals surface area contributed by atoms with Gasteiger partial charge in [0.15, 0.2) is 11.6 Å². The van der Waals surface area contributed by atoms with Gasteiger partial charge in [-0.2, -0.15) is 10.2 Å². The number of aryl methyl sites for hydroxylation is 3. The Hall–Kier alpha value is -6.56. The van der Waals surface area contributed by atoms with E-state index in [0.29, 0.717) is 23.4 Å². The van der Waals surface area contributed by atoms with Crippen LogP contribution in [0, 0.1) is 25.5 Å². The monoisotopic (exact) mass is 730 g/mol. The van der Waals surface area contributed by atoms with Crippen LogP contribution in [-0.4, -0.2) is 31.1 Å². The number of aromatic nitrogens is 4. The molecule has 0 radical (unpaired) electrons. The molecule has 0 fully saturated rings. The molecule has 0 amide bonds. The fourth-order valence-electron chi connectivity index (χ4n) is 5.85. The van der Waals surface area contributed by atoms with Gasteiger partial charge in [0.05, 0.1) is 11.1 Å². The van der Waals surface area contributed by atoms with Crippen LogP contribution in [0.5, 0.6) is 0 Å². The minimum Gasteiger partial charge on any atom is -0.350 e. The average Bonchev–Trinajstić information content (AvgIpc) is 3.16. The molecule has 10 nitrogen and oxygen atoms in total. The number of Topliss-reactive ketones (excluding diaryl/α,β-unsaturated/α-hetero) is 2. The quantitative estimate of drug-likeness (QED) is 0.134. The van der Waals surface area contributed by atoms with Gasteiger partial charge in [0.2, 0.25) is 0 Å². The van der Waals surface area contributed by atoms with E-state index in [2.05, 4.69) is 20.8 Å². The molecule has 0 unspecified atom stereocenters. The molecule has 0 spiro atoms. The third-order valence-electron chi connectivity index (χ3n) is 8.79. The van der Waals surface area contributed by atoms with Crippen LogP contribution >= 0.6 is 0 Å². The number of nitrogens with zero attached hydrogens (tertiary/aromatic N) is 4. The predicted molar refractivity (Wildman–Crippen MR) is 208 cm³/mol. The number of halogens is 2. The van der Waals surface area contributed by atoms with Crippen LogP contribution in [0.4, 0.5) is 31.5 Å². The number of hydrogen-bond donors (Lipinski definition) is 2. The number of nitrogens with one attached hydrogen (secondary N) is 2. The fraction of sp³-hybridized carbons (Fsp3) is 0.190. The first kappa shape index (κ1) is 38.7. The van der Waals surface area contributed by atoms with Gasteiger partial charge in [0, 0.05) is 29.9 Å². The topological polar surface area (TPSA) is 128 Å². The lowest BCUT2D eigenvalue weighted by Crippen LogP contribution is -2.28. The minimum atomic E-state index is -0.870. The van der Waals surface area contributed by atoms with E-state index in [1.807, 2.05) is 69.3 Å².